The molecule has 0 amide bonds. The first-order chi connectivity index (χ1) is 5.83. The van der Waals surface area contributed by atoms with Gasteiger partial charge in [-0.1, -0.05) is 13.3 Å². The van der Waals surface area contributed by atoms with E-state index in [1.165, 1.54) is 23.5 Å². The van der Waals surface area contributed by atoms with Crippen LogP contribution in [0.15, 0.2) is 29.2 Å². The molecule has 1 nitrogen and oxygen atoms in total. The minimum atomic E-state index is 0.342. The summed E-state index contributed by atoms with van der Waals surface area (Å²) in [7, 11) is 0. The standard InChI is InChI=1S/C10H14OS/c1-2-3-8-12-10-6-4-9(11)5-7-10/h4-7,11H,2-3,8H2,1H3. The van der Waals surface area contributed by atoms with Crippen molar-refractivity contribution in [3.05, 3.63) is 24.3 Å². The highest BCUT2D eigenvalue weighted by Crippen LogP contribution is 2.21. The van der Waals surface area contributed by atoms with Crippen LogP contribution in [-0.2, 0) is 0 Å². The van der Waals surface area contributed by atoms with E-state index in [0.29, 0.717) is 5.75 Å². The Morgan fingerprint density at radius 1 is 1.25 bits per heavy atom. The Kier molecular flexibility index (Phi) is 4.01. The number of thioether (sulfide) groups is 1. The number of hydrogen-bond donors (Lipinski definition) is 1. The van der Waals surface area contributed by atoms with E-state index in [1.807, 2.05) is 23.9 Å². The summed E-state index contributed by atoms with van der Waals surface area (Å²) in [6.45, 7) is 2.19. The molecule has 0 aliphatic carbocycles. The Morgan fingerprint density at radius 2 is 1.92 bits per heavy atom. The first kappa shape index (κ1) is 9.46. The molecule has 1 aromatic carbocycles. The Morgan fingerprint density at radius 3 is 2.50 bits per heavy atom. The van der Waals surface area contributed by atoms with E-state index in [0.717, 1.165) is 0 Å². The maximum atomic E-state index is 9.02. The molecule has 0 saturated carbocycles. The molecule has 0 bridgehead atoms. The van der Waals surface area contributed by atoms with Crippen LogP contribution in [-0.4, -0.2) is 10.9 Å². The van der Waals surface area contributed by atoms with Crippen molar-refractivity contribution in [3.8, 4) is 5.75 Å². The highest BCUT2D eigenvalue weighted by atomic mass is 32.2. The second-order valence-electron chi connectivity index (χ2n) is 2.70. The fourth-order valence-corrected chi connectivity index (χ4v) is 1.87. The van der Waals surface area contributed by atoms with Gasteiger partial charge in [0.25, 0.3) is 0 Å². The Balaban J connectivity index is 2.37. The van der Waals surface area contributed by atoms with Crippen LogP contribution >= 0.6 is 11.8 Å². The molecule has 0 heterocycles. The third-order valence-electron chi connectivity index (χ3n) is 1.60. The Hall–Kier alpha value is -0.630. The summed E-state index contributed by atoms with van der Waals surface area (Å²) in [6.07, 6.45) is 2.50. The van der Waals surface area contributed by atoms with E-state index in [1.54, 1.807) is 12.1 Å². The van der Waals surface area contributed by atoms with Crippen molar-refractivity contribution >= 4 is 11.8 Å². The second-order valence-corrected chi connectivity index (χ2v) is 3.86. The summed E-state index contributed by atoms with van der Waals surface area (Å²) >= 11 is 1.84. The molecule has 0 aliphatic rings. The van der Waals surface area contributed by atoms with Gasteiger partial charge in [-0.3, -0.25) is 0 Å². The molecule has 1 aromatic rings. The molecule has 1 N–H and O–H groups in total. The van der Waals surface area contributed by atoms with Crippen molar-refractivity contribution in [2.45, 2.75) is 24.7 Å². The third-order valence-corrected chi connectivity index (χ3v) is 2.70. The van der Waals surface area contributed by atoms with Crippen LogP contribution in [0, 0.1) is 0 Å². The van der Waals surface area contributed by atoms with Gasteiger partial charge in [0.2, 0.25) is 0 Å². The molecular formula is C10H14OS. The highest BCUT2D eigenvalue weighted by molar-refractivity contribution is 7.99. The van der Waals surface area contributed by atoms with Crippen LogP contribution < -0.4 is 0 Å². The van der Waals surface area contributed by atoms with E-state index in [-0.39, 0.29) is 0 Å². The number of benzene rings is 1. The lowest BCUT2D eigenvalue weighted by Crippen LogP contribution is -1.77. The van der Waals surface area contributed by atoms with Gasteiger partial charge in [-0.25, -0.2) is 0 Å². The number of rotatable bonds is 4. The first-order valence-corrected chi connectivity index (χ1v) is 5.23. The molecule has 0 saturated heterocycles. The van der Waals surface area contributed by atoms with Gasteiger partial charge >= 0.3 is 0 Å². The molecule has 0 radical (unpaired) electrons. The zero-order valence-corrected chi connectivity index (χ0v) is 8.10. The van der Waals surface area contributed by atoms with Gasteiger partial charge in [0, 0.05) is 4.90 Å². The normalized spacial score (nSPS) is 10.1. The Bertz CT molecular complexity index is 218. The largest absolute Gasteiger partial charge is 0.508 e. The van der Waals surface area contributed by atoms with Crippen LogP contribution in [0.25, 0.3) is 0 Å². The quantitative estimate of drug-likeness (QED) is 0.569. The molecular weight excluding hydrogens is 168 g/mol. The minimum absolute atomic E-state index is 0.342. The zero-order valence-electron chi connectivity index (χ0n) is 7.29. The van der Waals surface area contributed by atoms with Crippen LogP contribution in [0.1, 0.15) is 19.8 Å². The van der Waals surface area contributed by atoms with Gasteiger partial charge in [0.15, 0.2) is 0 Å². The predicted molar refractivity (Wildman–Crippen MR) is 53.7 cm³/mol. The highest BCUT2D eigenvalue weighted by Gasteiger charge is 1.92. The van der Waals surface area contributed by atoms with Crippen LogP contribution in [0.2, 0.25) is 0 Å². The van der Waals surface area contributed by atoms with E-state index in [9.17, 15) is 0 Å². The average molecular weight is 182 g/mol. The summed E-state index contributed by atoms with van der Waals surface area (Å²) in [4.78, 5) is 1.24. The first-order valence-electron chi connectivity index (χ1n) is 4.24. The van der Waals surface area contributed by atoms with Gasteiger partial charge in [0.05, 0.1) is 0 Å². The molecule has 2 heteroatoms. The van der Waals surface area contributed by atoms with Gasteiger partial charge in [-0.2, -0.15) is 0 Å². The summed E-state index contributed by atoms with van der Waals surface area (Å²) in [6, 6.07) is 7.37. The lowest BCUT2D eigenvalue weighted by Gasteiger charge is -1.99. The number of phenolic OH excluding ortho intramolecular Hbond substituents is 1. The fraction of sp³-hybridized carbons (Fsp3) is 0.400. The monoisotopic (exact) mass is 182 g/mol. The zero-order chi connectivity index (χ0) is 8.81. The molecule has 0 atom stereocenters. The van der Waals surface area contributed by atoms with Gasteiger partial charge in [0.1, 0.15) is 5.75 Å². The molecule has 0 aliphatic heterocycles. The van der Waals surface area contributed by atoms with Gasteiger partial charge in [-0.15, -0.1) is 11.8 Å². The maximum Gasteiger partial charge on any atom is 0.115 e. The van der Waals surface area contributed by atoms with Gasteiger partial charge in [-0.05, 0) is 36.4 Å². The molecule has 12 heavy (non-hydrogen) atoms. The maximum absolute atomic E-state index is 9.02. The lowest BCUT2D eigenvalue weighted by molar-refractivity contribution is 0.475. The molecule has 0 spiro atoms. The summed E-state index contributed by atoms with van der Waals surface area (Å²) in [5.74, 6) is 1.51. The topological polar surface area (TPSA) is 20.2 Å². The molecule has 1 rings (SSSR count). The predicted octanol–water partition coefficient (Wildman–Crippen LogP) is 3.28. The lowest BCUT2D eigenvalue weighted by atomic mass is 10.3. The van der Waals surface area contributed by atoms with Crippen molar-refractivity contribution in [3.63, 3.8) is 0 Å². The number of hydrogen-bond acceptors (Lipinski definition) is 2. The number of aromatic hydroxyl groups is 1. The molecule has 0 aromatic heterocycles. The van der Waals surface area contributed by atoms with E-state index < -0.39 is 0 Å². The van der Waals surface area contributed by atoms with Crippen molar-refractivity contribution < 1.29 is 5.11 Å². The average Bonchev–Trinajstić information content (AvgIpc) is 2.09. The van der Waals surface area contributed by atoms with Crippen molar-refractivity contribution in [1.82, 2.24) is 0 Å². The number of phenols is 1. The second kappa shape index (κ2) is 5.09. The minimum Gasteiger partial charge on any atom is -0.508 e. The van der Waals surface area contributed by atoms with Crippen molar-refractivity contribution in [2.75, 3.05) is 5.75 Å². The third kappa shape index (κ3) is 3.18. The molecule has 0 fully saturated rings. The van der Waals surface area contributed by atoms with Crippen molar-refractivity contribution in [1.29, 1.82) is 0 Å². The SMILES string of the molecule is CCCCSc1ccc(O)cc1. The number of unbranched alkanes of at least 4 members (excludes halogenated alkanes) is 1. The summed E-state index contributed by atoms with van der Waals surface area (Å²) < 4.78 is 0. The van der Waals surface area contributed by atoms with Crippen LogP contribution in [0.4, 0.5) is 0 Å². The Labute approximate surface area is 77.8 Å². The molecule has 66 valence electrons. The van der Waals surface area contributed by atoms with Crippen molar-refractivity contribution in [2.24, 2.45) is 0 Å². The fourth-order valence-electron chi connectivity index (χ4n) is 0.877. The van der Waals surface area contributed by atoms with Crippen LogP contribution in [0.5, 0.6) is 5.75 Å². The molecule has 0 unspecified atom stereocenters. The summed E-state index contributed by atoms with van der Waals surface area (Å²) in [5, 5.41) is 9.02. The smallest absolute Gasteiger partial charge is 0.115 e. The van der Waals surface area contributed by atoms with E-state index in [2.05, 4.69) is 6.92 Å². The van der Waals surface area contributed by atoms with E-state index >= 15 is 0 Å². The van der Waals surface area contributed by atoms with Gasteiger partial charge < -0.3 is 5.11 Å². The summed E-state index contributed by atoms with van der Waals surface area (Å²) in [5.41, 5.74) is 0. The van der Waals surface area contributed by atoms with E-state index in [4.69, 9.17) is 5.11 Å². The van der Waals surface area contributed by atoms with Crippen LogP contribution in [0.3, 0.4) is 0 Å².